The highest BCUT2D eigenvalue weighted by atomic mass is 32.2. The number of alkyl halides is 6. The van der Waals surface area contributed by atoms with Crippen LogP contribution in [-0.2, 0) is 20.7 Å². The van der Waals surface area contributed by atoms with Crippen molar-refractivity contribution >= 4 is 29.5 Å². The number of hydrazine groups is 1. The van der Waals surface area contributed by atoms with Crippen LogP contribution in [0.4, 0.5) is 31.1 Å². The van der Waals surface area contributed by atoms with Gasteiger partial charge in [0.2, 0.25) is 0 Å². The van der Waals surface area contributed by atoms with Crippen molar-refractivity contribution in [1.82, 2.24) is 15.8 Å². The molecule has 1 aliphatic heterocycles. The number of nitrogens with zero attached hydrogens (tertiary/aromatic N) is 1. The third kappa shape index (κ3) is 9.10. The van der Waals surface area contributed by atoms with Gasteiger partial charge in [0.15, 0.2) is 5.78 Å². The number of Topliss-reactive ketones (excluding diaryl/α,β-unsaturated/α-hetero) is 1. The van der Waals surface area contributed by atoms with Crippen molar-refractivity contribution in [2.24, 2.45) is 5.92 Å². The number of benzene rings is 1. The number of carbonyl (C=O) groups is 3. The summed E-state index contributed by atoms with van der Waals surface area (Å²) in [5.41, 5.74) is 2.13. The molecule has 220 valence electrons. The number of rotatable bonds is 8. The van der Waals surface area contributed by atoms with Gasteiger partial charge in [0.1, 0.15) is 17.0 Å². The van der Waals surface area contributed by atoms with Crippen LogP contribution in [0.25, 0.3) is 0 Å². The molecule has 0 aromatic heterocycles. The lowest BCUT2D eigenvalue weighted by atomic mass is 9.86. The van der Waals surface area contributed by atoms with E-state index >= 15 is 0 Å². The Morgan fingerprint density at radius 2 is 1.73 bits per heavy atom. The molecule has 1 aliphatic carbocycles. The predicted octanol–water partition coefficient (Wildman–Crippen LogP) is 5.37. The molecule has 2 amide bonds. The fourth-order valence-electron chi connectivity index (χ4n) is 3.86. The lowest BCUT2D eigenvalue weighted by molar-refractivity contribution is -0.274. The standard InChI is InChI=1S/C25H27F6N3O5S/c1-23(2,3)39-22(37)33-34-13-40-20-17(21(36)32-10-4-9-24(26,27)28)12-15(19(35)18(20)34)11-14-5-7-16(8-6-14)38-25(29,30)31/h5-8,12,15H,4,9-11,13H2,1-3H3,(H,32,36)(H,33,37). The second-order valence-electron chi connectivity index (χ2n) is 9.91. The Balaban J connectivity index is 1.84. The number of ether oxygens (including phenoxy) is 2. The van der Waals surface area contributed by atoms with Crippen LogP contribution in [0.3, 0.4) is 0 Å². The second-order valence-corrected chi connectivity index (χ2v) is 10.9. The summed E-state index contributed by atoms with van der Waals surface area (Å²) in [7, 11) is 0. The molecule has 0 bridgehead atoms. The highest BCUT2D eigenvalue weighted by molar-refractivity contribution is 8.03. The van der Waals surface area contributed by atoms with Crippen LogP contribution in [0.2, 0.25) is 0 Å². The molecule has 1 atom stereocenters. The van der Waals surface area contributed by atoms with Gasteiger partial charge in [-0.05, 0) is 51.3 Å². The Labute approximate surface area is 230 Å². The summed E-state index contributed by atoms with van der Waals surface area (Å²) in [4.78, 5) is 39.1. The van der Waals surface area contributed by atoms with Gasteiger partial charge in [0.25, 0.3) is 5.91 Å². The maximum Gasteiger partial charge on any atom is 0.573 e. The van der Waals surface area contributed by atoms with E-state index in [1.807, 2.05) is 0 Å². The Bertz CT molecular complexity index is 1190. The van der Waals surface area contributed by atoms with Gasteiger partial charge in [-0.1, -0.05) is 30.0 Å². The quantitative estimate of drug-likeness (QED) is 0.308. The molecule has 0 radical (unpaired) electrons. The monoisotopic (exact) mass is 595 g/mol. The first-order chi connectivity index (χ1) is 18.4. The van der Waals surface area contributed by atoms with Crippen molar-refractivity contribution in [2.75, 3.05) is 12.4 Å². The van der Waals surface area contributed by atoms with Gasteiger partial charge >= 0.3 is 18.6 Å². The van der Waals surface area contributed by atoms with E-state index in [2.05, 4.69) is 15.5 Å². The average molecular weight is 596 g/mol. The van der Waals surface area contributed by atoms with Gasteiger partial charge < -0.3 is 14.8 Å². The Morgan fingerprint density at radius 1 is 1.07 bits per heavy atom. The van der Waals surface area contributed by atoms with Gasteiger partial charge in [-0.3, -0.25) is 14.6 Å². The van der Waals surface area contributed by atoms with E-state index in [1.54, 1.807) is 20.8 Å². The molecular weight excluding hydrogens is 568 g/mol. The first kappa shape index (κ1) is 31.2. The molecular formula is C25H27F6N3O5S. The predicted molar refractivity (Wildman–Crippen MR) is 132 cm³/mol. The molecule has 8 nitrogen and oxygen atoms in total. The summed E-state index contributed by atoms with van der Waals surface area (Å²) in [5, 5.41) is 3.66. The lowest BCUT2D eigenvalue weighted by Crippen LogP contribution is -2.45. The topological polar surface area (TPSA) is 97.0 Å². The van der Waals surface area contributed by atoms with E-state index in [-0.39, 0.29) is 41.4 Å². The van der Waals surface area contributed by atoms with Gasteiger partial charge in [0.05, 0.1) is 16.4 Å². The smallest absolute Gasteiger partial charge is 0.443 e. The van der Waals surface area contributed by atoms with E-state index in [0.29, 0.717) is 5.56 Å². The number of thioether (sulfide) groups is 1. The van der Waals surface area contributed by atoms with Crippen molar-refractivity contribution in [2.45, 2.75) is 58.2 Å². The highest BCUT2D eigenvalue weighted by Crippen LogP contribution is 2.42. The minimum absolute atomic E-state index is 0.000764. The van der Waals surface area contributed by atoms with Gasteiger partial charge in [0, 0.05) is 18.9 Å². The van der Waals surface area contributed by atoms with Gasteiger partial charge in [-0.2, -0.15) is 13.2 Å². The maximum atomic E-state index is 13.5. The average Bonchev–Trinajstić information content (AvgIpc) is 3.20. The summed E-state index contributed by atoms with van der Waals surface area (Å²) in [6.07, 6.45) is -10.2. The van der Waals surface area contributed by atoms with E-state index in [0.717, 1.165) is 23.9 Å². The third-order valence-electron chi connectivity index (χ3n) is 5.41. The molecule has 1 heterocycles. The fraction of sp³-hybridized carbons (Fsp3) is 0.480. The number of amides is 2. The minimum Gasteiger partial charge on any atom is -0.443 e. The van der Waals surface area contributed by atoms with E-state index in [9.17, 15) is 40.7 Å². The number of hydrogen-bond donors (Lipinski definition) is 2. The largest absolute Gasteiger partial charge is 0.573 e. The summed E-state index contributed by atoms with van der Waals surface area (Å²) >= 11 is 1.08. The zero-order valence-electron chi connectivity index (χ0n) is 21.7. The molecule has 15 heteroatoms. The number of carbonyl (C=O) groups excluding carboxylic acids is 3. The molecule has 3 rings (SSSR count). The number of ketones is 1. The van der Waals surface area contributed by atoms with Crippen LogP contribution < -0.4 is 15.5 Å². The Morgan fingerprint density at radius 3 is 2.30 bits per heavy atom. The number of hydrogen-bond acceptors (Lipinski definition) is 7. The van der Waals surface area contributed by atoms with Gasteiger partial charge in [-0.25, -0.2) is 10.2 Å². The Hall–Kier alpha value is -3.36. The maximum absolute atomic E-state index is 13.5. The summed E-state index contributed by atoms with van der Waals surface area (Å²) < 4.78 is 84.0. The lowest BCUT2D eigenvalue weighted by Gasteiger charge is -2.28. The van der Waals surface area contributed by atoms with Gasteiger partial charge in [-0.15, -0.1) is 13.2 Å². The number of nitrogens with one attached hydrogen (secondary N) is 2. The third-order valence-corrected chi connectivity index (χ3v) is 6.50. The van der Waals surface area contributed by atoms with Crippen LogP contribution in [0, 0.1) is 5.92 Å². The normalized spacial score (nSPS) is 17.8. The molecule has 0 saturated carbocycles. The molecule has 2 N–H and O–H groups in total. The van der Waals surface area contributed by atoms with Crippen molar-refractivity contribution in [3.8, 4) is 5.75 Å². The molecule has 2 aliphatic rings. The van der Waals surface area contributed by atoms with Crippen LogP contribution >= 0.6 is 11.8 Å². The van der Waals surface area contributed by atoms with Crippen LogP contribution in [0.15, 0.2) is 46.5 Å². The molecule has 1 aromatic carbocycles. The van der Waals surface area contributed by atoms with E-state index in [1.165, 1.54) is 23.2 Å². The first-order valence-electron chi connectivity index (χ1n) is 12.0. The molecule has 40 heavy (non-hydrogen) atoms. The van der Waals surface area contributed by atoms with Crippen molar-refractivity contribution in [3.05, 3.63) is 52.1 Å². The molecule has 1 unspecified atom stereocenters. The first-order valence-corrected chi connectivity index (χ1v) is 13.0. The minimum atomic E-state index is -4.88. The molecule has 0 spiro atoms. The SMILES string of the molecule is CC(C)(C)OC(=O)NN1CSC2=C1C(=O)C(Cc1ccc(OC(F)(F)F)cc1)C=C2C(=O)NCCCC(F)(F)F. The summed E-state index contributed by atoms with van der Waals surface area (Å²) in [5.74, 6) is -2.55. The summed E-state index contributed by atoms with van der Waals surface area (Å²) in [6, 6.07) is 4.84. The van der Waals surface area contributed by atoms with Crippen LogP contribution in [-0.4, -0.2) is 53.4 Å². The van der Waals surface area contributed by atoms with E-state index < -0.39 is 54.0 Å². The van der Waals surface area contributed by atoms with Crippen LogP contribution in [0.1, 0.15) is 39.2 Å². The van der Waals surface area contributed by atoms with E-state index in [4.69, 9.17) is 4.74 Å². The molecule has 1 aromatic rings. The Kier molecular flexibility index (Phi) is 9.37. The van der Waals surface area contributed by atoms with Crippen LogP contribution in [0.5, 0.6) is 5.75 Å². The molecule has 0 fully saturated rings. The fourth-order valence-corrected chi connectivity index (χ4v) is 4.98. The van der Waals surface area contributed by atoms with Crippen molar-refractivity contribution in [1.29, 1.82) is 0 Å². The number of allylic oxidation sites excluding steroid dienone is 2. The number of halogens is 6. The second kappa shape index (κ2) is 12.0. The summed E-state index contributed by atoms with van der Waals surface area (Å²) in [6.45, 7) is 4.68. The molecule has 0 saturated heterocycles. The zero-order chi connectivity index (χ0) is 29.9. The van der Waals surface area contributed by atoms with Crippen molar-refractivity contribution < 1.29 is 50.2 Å². The zero-order valence-corrected chi connectivity index (χ0v) is 22.5. The highest BCUT2D eigenvalue weighted by Gasteiger charge is 2.41. The van der Waals surface area contributed by atoms with Crippen molar-refractivity contribution in [3.63, 3.8) is 0 Å².